The summed E-state index contributed by atoms with van der Waals surface area (Å²) in [6, 6.07) is 4.35. The van der Waals surface area contributed by atoms with Gasteiger partial charge in [0.25, 0.3) is 0 Å². The Balaban J connectivity index is 2.65. The van der Waals surface area contributed by atoms with Crippen LogP contribution in [0.3, 0.4) is 0 Å². The summed E-state index contributed by atoms with van der Waals surface area (Å²) in [7, 11) is 0. The second-order valence-electron chi connectivity index (χ2n) is 5.28. The zero-order valence-corrected chi connectivity index (χ0v) is 12.4. The third kappa shape index (κ3) is 2.52. The van der Waals surface area contributed by atoms with Gasteiger partial charge in [0, 0.05) is 12.5 Å². The lowest BCUT2D eigenvalue weighted by atomic mass is 10.0. The van der Waals surface area contributed by atoms with Crippen LogP contribution in [-0.2, 0) is 6.54 Å². The molecule has 1 aromatic carbocycles. The predicted octanol–water partition coefficient (Wildman–Crippen LogP) is 3.55. The predicted molar refractivity (Wildman–Crippen MR) is 79.6 cm³/mol. The van der Waals surface area contributed by atoms with Crippen LogP contribution in [0, 0.1) is 13.8 Å². The molecule has 0 spiro atoms. The number of hydrogen-bond donors (Lipinski definition) is 1. The largest absolute Gasteiger partial charge is 0.395 e. The summed E-state index contributed by atoms with van der Waals surface area (Å²) >= 11 is 0. The lowest BCUT2D eigenvalue weighted by Gasteiger charge is -2.14. The molecule has 19 heavy (non-hydrogen) atoms. The molecule has 3 heteroatoms. The SMILES string of the molecule is CCC(CC)c1nc2cc(C)c(C)cc2n1CCO. The molecule has 0 bridgehead atoms. The summed E-state index contributed by atoms with van der Waals surface area (Å²) < 4.78 is 2.19. The van der Waals surface area contributed by atoms with Crippen molar-refractivity contribution in [1.29, 1.82) is 0 Å². The van der Waals surface area contributed by atoms with Gasteiger partial charge in [-0.3, -0.25) is 0 Å². The van der Waals surface area contributed by atoms with Crippen molar-refractivity contribution in [3.63, 3.8) is 0 Å². The smallest absolute Gasteiger partial charge is 0.113 e. The van der Waals surface area contributed by atoms with Crippen molar-refractivity contribution in [3.8, 4) is 0 Å². The summed E-state index contributed by atoms with van der Waals surface area (Å²) in [5, 5.41) is 9.32. The Labute approximate surface area is 115 Å². The van der Waals surface area contributed by atoms with Gasteiger partial charge in [-0.2, -0.15) is 0 Å². The molecule has 1 aromatic heterocycles. The lowest BCUT2D eigenvalue weighted by molar-refractivity contribution is 0.274. The Morgan fingerprint density at radius 1 is 1.16 bits per heavy atom. The van der Waals surface area contributed by atoms with E-state index in [9.17, 15) is 5.11 Å². The highest BCUT2D eigenvalue weighted by Crippen LogP contribution is 2.28. The molecule has 2 aromatic rings. The first-order valence-corrected chi connectivity index (χ1v) is 7.20. The third-order valence-corrected chi connectivity index (χ3v) is 4.07. The summed E-state index contributed by atoms with van der Waals surface area (Å²) in [5.41, 5.74) is 4.76. The Bertz CT molecular complexity index is 568. The number of aliphatic hydroxyl groups excluding tert-OH is 1. The first-order valence-electron chi connectivity index (χ1n) is 7.20. The van der Waals surface area contributed by atoms with Crippen LogP contribution in [0.1, 0.15) is 49.6 Å². The van der Waals surface area contributed by atoms with Crippen LogP contribution < -0.4 is 0 Å². The number of aromatic nitrogens is 2. The van der Waals surface area contributed by atoms with Crippen LogP contribution >= 0.6 is 0 Å². The molecule has 0 atom stereocenters. The maximum Gasteiger partial charge on any atom is 0.113 e. The second kappa shape index (κ2) is 5.74. The van der Waals surface area contributed by atoms with Crippen molar-refractivity contribution < 1.29 is 5.11 Å². The fraction of sp³-hybridized carbons (Fsp3) is 0.562. The summed E-state index contributed by atoms with van der Waals surface area (Å²) in [4.78, 5) is 4.83. The van der Waals surface area contributed by atoms with E-state index in [0.717, 1.165) is 29.7 Å². The molecule has 0 unspecified atom stereocenters. The molecule has 0 fully saturated rings. The minimum absolute atomic E-state index is 0.158. The number of aliphatic hydroxyl groups is 1. The molecule has 1 N–H and O–H groups in total. The van der Waals surface area contributed by atoms with Gasteiger partial charge in [-0.15, -0.1) is 0 Å². The van der Waals surface area contributed by atoms with E-state index in [1.807, 2.05) is 0 Å². The maximum atomic E-state index is 9.32. The Hall–Kier alpha value is -1.35. The Kier molecular flexibility index (Phi) is 4.25. The van der Waals surface area contributed by atoms with Gasteiger partial charge in [-0.05, 0) is 49.9 Å². The van der Waals surface area contributed by atoms with E-state index in [0.29, 0.717) is 12.5 Å². The highest BCUT2D eigenvalue weighted by molar-refractivity contribution is 5.78. The van der Waals surface area contributed by atoms with Gasteiger partial charge in [0.1, 0.15) is 5.82 Å². The van der Waals surface area contributed by atoms with Crippen LogP contribution in [0.2, 0.25) is 0 Å². The summed E-state index contributed by atoms with van der Waals surface area (Å²) in [6.45, 7) is 9.44. The number of nitrogens with zero attached hydrogens (tertiary/aromatic N) is 2. The van der Waals surface area contributed by atoms with Crippen molar-refractivity contribution in [3.05, 3.63) is 29.1 Å². The lowest BCUT2D eigenvalue weighted by Crippen LogP contribution is -2.10. The topological polar surface area (TPSA) is 38.0 Å². The minimum atomic E-state index is 0.158. The normalized spacial score (nSPS) is 11.7. The molecule has 1 heterocycles. The van der Waals surface area contributed by atoms with Gasteiger partial charge in [0.15, 0.2) is 0 Å². The molecule has 104 valence electrons. The van der Waals surface area contributed by atoms with E-state index < -0.39 is 0 Å². The number of fused-ring (bicyclic) bond motifs is 1. The van der Waals surface area contributed by atoms with Gasteiger partial charge in [0.05, 0.1) is 17.6 Å². The standard InChI is InChI=1S/C16H24N2O/c1-5-13(6-2)16-17-14-9-11(3)12(4)10-15(14)18(16)7-8-19/h9-10,13,19H,5-8H2,1-4H3. The molecule has 0 saturated carbocycles. The van der Waals surface area contributed by atoms with E-state index in [1.165, 1.54) is 11.1 Å². The van der Waals surface area contributed by atoms with Crippen LogP contribution in [0.4, 0.5) is 0 Å². The van der Waals surface area contributed by atoms with Crippen molar-refractivity contribution in [2.45, 2.75) is 53.0 Å². The Morgan fingerprint density at radius 3 is 2.37 bits per heavy atom. The monoisotopic (exact) mass is 260 g/mol. The summed E-state index contributed by atoms with van der Waals surface area (Å²) in [5.74, 6) is 1.60. The fourth-order valence-electron chi connectivity index (χ4n) is 2.70. The molecule has 0 aliphatic rings. The van der Waals surface area contributed by atoms with Crippen LogP contribution in [0.25, 0.3) is 11.0 Å². The highest BCUT2D eigenvalue weighted by Gasteiger charge is 2.17. The van der Waals surface area contributed by atoms with Crippen LogP contribution in [0.15, 0.2) is 12.1 Å². The number of imidazole rings is 1. The quantitative estimate of drug-likeness (QED) is 0.892. The number of aryl methyl sites for hydroxylation is 2. The van der Waals surface area contributed by atoms with E-state index in [4.69, 9.17) is 4.98 Å². The molecule has 0 aliphatic heterocycles. The zero-order chi connectivity index (χ0) is 14.0. The number of hydrogen-bond acceptors (Lipinski definition) is 2. The first kappa shape index (κ1) is 14.1. The third-order valence-electron chi connectivity index (χ3n) is 4.07. The highest BCUT2D eigenvalue weighted by atomic mass is 16.3. The maximum absolute atomic E-state index is 9.32. The molecular formula is C16H24N2O. The molecule has 3 nitrogen and oxygen atoms in total. The van der Waals surface area contributed by atoms with Gasteiger partial charge in [-0.25, -0.2) is 4.98 Å². The fourth-order valence-corrected chi connectivity index (χ4v) is 2.70. The molecule has 0 amide bonds. The number of rotatable bonds is 5. The minimum Gasteiger partial charge on any atom is -0.395 e. The van der Waals surface area contributed by atoms with Gasteiger partial charge < -0.3 is 9.67 Å². The van der Waals surface area contributed by atoms with Crippen molar-refractivity contribution >= 4 is 11.0 Å². The Morgan fingerprint density at radius 2 is 1.79 bits per heavy atom. The zero-order valence-electron chi connectivity index (χ0n) is 12.4. The van der Waals surface area contributed by atoms with Crippen LogP contribution in [0.5, 0.6) is 0 Å². The molecule has 0 saturated heterocycles. The summed E-state index contributed by atoms with van der Waals surface area (Å²) in [6.07, 6.45) is 2.17. The molecule has 2 rings (SSSR count). The molecule has 0 aliphatic carbocycles. The van der Waals surface area contributed by atoms with Crippen molar-refractivity contribution in [1.82, 2.24) is 9.55 Å². The average Bonchev–Trinajstić information content (AvgIpc) is 2.71. The van der Waals surface area contributed by atoms with Crippen LogP contribution in [-0.4, -0.2) is 21.3 Å². The molecule has 0 radical (unpaired) electrons. The van der Waals surface area contributed by atoms with Crippen molar-refractivity contribution in [2.75, 3.05) is 6.61 Å². The number of benzene rings is 1. The molecular weight excluding hydrogens is 236 g/mol. The van der Waals surface area contributed by atoms with E-state index in [2.05, 4.69) is 44.4 Å². The first-order chi connectivity index (χ1) is 9.12. The van der Waals surface area contributed by atoms with E-state index in [-0.39, 0.29) is 6.61 Å². The van der Waals surface area contributed by atoms with E-state index >= 15 is 0 Å². The van der Waals surface area contributed by atoms with E-state index in [1.54, 1.807) is 0 Å². The van der Waals surface area contributed by atoms with Gasteiger partial charge in [-0.1, -0.05) is 13.8 Å². The second-order valence-corrected chi connectivity index (χ2v) is 5.28. The van der Waals surface area contributed by atoms with Gasteiger partial charge in [0.2, 0.25) is 0 Å². The average molecular weight is 260 g/mol. The van der Waals surface area contributed by atoms with Crippen molar-refractivity contribution in [2.24, 2.45) is 0 Å². The van der Waals surface area contributed by atoms with Gasteiger partial charge >= 0.3 is 0 Å².